The zero-order valence-corrected chi connectivity index (χ0v) is 14.6. The second-order valence-corrected chi connectivity index (χ2v) is 7.00. The Morgan fingerprint density at radius 2 is 1.96 bits per heavy atom. The van der Waals surface area contributed by atoms with Gasteiger partial charge in [-0.25, -0.2) is 4.98 Å². The lowest BCUT2D eigenvalue weighted by Crippen LogP contribution is -2.25. The van der Waals surface area contributed by atoms with Crippen molar-refractivity contribution >= 4 is 22.6 Å². The van der Waals surface area contributed by atoms with Gasteiger partial charge in [0.25, 0.3) is 0 Å². The first-order chi connectivity index (χ1) is 11.9. The Kier molecular flexibility index (Phi) is 4.28. The Hall–Kier alpha value is -3.13. The van der Waals surface area contributed by atoms with Crippen molar-refractivity contribution in [3.63, 3.8) is 0 Å². The number of hydrogen-bond acceptors (Lipinski definition) is 3. The number of imidazole rings is 1. The van der Waals surface area contributed by atoms with Crippen molar-refractivity contribution in [1.82, 2.24) is 9.55 Å². The van der Waals surface area contributed by atoms with E-state index in [4.69, 9.17) is 10.2 Å². The van der Waals surface area contributed by atoms with Crippen LogP contribution in [0.5, 0.6) is 0 Å². The van der Waals surface area contributed by atoms with Gasteiger partial charge in [-0.3, -0.25) is 4.79 Å². The summed E-state index contributed by atoms with van der Waals surface area (Å²) in [5.74, 6) is 0.721. The molecule has 0 atom stereocenters. The van der Waals surface area contributed by atoms with Crippen LogP contribution in [-0.2, 0) is 16.8 Å². The first-order valence-electron chi connectivity index (χ1n) is 8.14. The van der Waals surface area contributed by atoms with E-state index in [1.165, 1.54) is 0 Å². The number of anilines is 1. The minimum atomic E-state index is -0.181. The number of nitriles is 1. The summed E-state index contributed by atoms with van der Waals surface area (Å²) in [6.07, 6.45) is 0. The Bertz CT molecular complexity index is 973. The fraction of sp³-hybridized carbons (Fsp3) is 0.250. The van der Waals surface area contributed by atoms with Crippen LogP contribution in [0.4, 0.5) is 5.69 Å². The summed E-state index contributed by atoms with van der Waals surface area (Å²) in [5.41, 5.74) is 2.77. The number of nitrogens with one attached hydrogen (secondary N) is 1. The molecule has 25 heavy (non-hydrogen) atoms. The SMILES string of the molecule is CC(C)(C)c1nc2ccccc2n1CC(=O)Nc1cccc(C#N)c1. The Labute approximate surface area is 146 Å². The van der Waals surface area contributed by atoms with Gasteiger partial charge in [0, 0.05) is 11.1 Å². The molecule has 0 unspecified atom stereocenters. The molecule has 1 heterocycles. The van der Waals surface area contributed by atoms with Crippen LogP contribution in [0.25, 0.3) is 11.0 Å². The number of rotatable bonds is 3. The van der Waals surface area contributed by atoms with Crippen LogP contribution in [0.3, 0.4) is 0 Å². The molecule has 3 aromatic rings. The van der Waals surface area contributed by atoms with E-state index in [9.17, 15) is 4.79 Å². The standard InChI is InChI=1S/C20H20N4O/c1-20(2,3)19-23-16-9-4-5-10-17(16)24(19)13-18(25)22-15-8-6-7-14(11-15)12-21/h4-11H,13H2,1-3H3,(H,22,25). The van der Waals surface area contributed by atoms with Crippen molar-refractivity contribution in [1.29, 1.82) is 5.26 Å². The maximum Gasteiger partial charge on any atom is 0.244 e. The van der Waals surface area contributed by atoms with Gasteiger partial charge in [-0.15, -0.1) is 0 Å². The van der Waals surface area contributed by atoms with Crippen molar-refractivity contribution in [2.75, 3.05) is 5.32 Å². The lowest BCUT2D eigenvalue weighted by molar-refractivity contribution is -0.116. The predicted molar refractivity (Wildman–Crippen MR) is 98.2 cm³/mol. The van der Waals surface area contributed by atoms with Gasteiger partial charge in [-0.2, -0.15) is 5.26 Å². The van der Waals surface area contributed by atoms with E-state index in [-0.39, 0.29) is 17.9 Å². The second-order valence-electron chi connectivity index (χ2n) is 7.00. The van der Waals surface area contributed by atoms with Gasteiger partial charge < -0.3 is 9.88 Å². The van der Waals surface area contributed by atoms with Crippen LogP contribution in [0, 0.1) is 11.3 Å². The maximum absolute atomic E-state index is 12.6. The minimum Gasteiger partial charge on any atom is -0.324 e. The number of aromatic nitrogens is 2. The third kappa shape index (κ3) is 3.53. The fourth-order valence-corrected chi connectivity index (χ4v) is 2.82. The quantitative estimate of drug-likeness (QED) is 0.792. The van der Waals surface area contributed by atoms with Gasteiger partial charge in [-0.1, -0.05) is 39.0 Å². The van der Waals surface area contributed by atoms with Gasteiger partial charge in [0.1, 0.15) is 12.4 Å². The molecule has 126 valence electrons. The molecule has 1 amide bonds. The molecule has 1 N–H and O–H groups in total. The minimum absolute atomic E-state index is 0.149. The highest BCUT2D eigenvalue weighted by molar-refractivity contribution is 5.92. The fourth-order valence-electron chi connectivity index (χ4n) is 2.82. The van der Waals surface area contributed by atoms with E-state index < -0.39 is 0 Å². The molecule has 0 spiro atoms. The summed E-state index contributed by atoms with van der Waals surface area (Å²) in [6.45, 7) is 6.42. The van der Waals surface area contributed by atoms with Crippen molar-refractivity contribution in [2.45, 2.75) is 32.7 Å². The number of hydrogen-bond donors (Lipinski definition) is 1. The predicted octanol–water partition coefficient (Wildman–Crippen LogP) is 3.84. The van der Waals surface area contributed by atoms with Crippen molar-refractivity contribution in [2.24, 2.45) is 0 Å². The zero-order valence-electron chi connectivity index (χ0n) is 14.6. The number of carbonyl (C=O) groups excluding carboxylic acids is 1. The first-order valence-corrected chi connectivity index (χ1v) is 8.14. The molecule has 3 rings (SSSR count). The van der Waals surface area contributed by atoms with E-state index in [1.54, 1.807) is 24.3 Å². The third-order valence-corrected chi connectivity index (χ3v) is 3.90. The van der Waals surface area contributed by atoms with Gasteiger partial charge in [0.15, 0.2) is 0 Å². The zero-order chi connectivity index (χ0) is 18.0. The van der Waals surface area contributed by atoms with Crippen LogP contribution >= 0.6 is 0 Å². The summed E-state index contributed by atoms with van der Waals surface area (Å²) >= 11 is 0. The molecular weight excluding hydrogens is 312 g/mol. The summed E-state index contributed by atoms with van der Waals surface area (Å²) in [7, 11) is 0. The smallest absolute Gasteiger partial charge is 0.244 e. The van der Waals surface area contributed by atoms with E-state index in [0.29, 0.717) is 11.3 Å². The molecule has 0 saturated heterocycles. The largest absolute Gasteiger partial charge is 0.324 e. The highest BCUT2D eigenvalue weighted by atomic mass is 16.1. The highest BCUT2D eigenvalue weighted by Crippen LogP contribution is 2.26. The summed E-state index contributed by atoms with van der Waals surface area (Å²) in [4.78, 5) is 17.3. The maximum atomic E-state index is 12.6. The van der Waals surface area contributed by atoms with Gasteiger partial charge >= 0.3 is 0 Å². The Morgan fingerprint density at radius 3 is 2.68 bits per heavy atom. The van der Waals surface area contributed by atoms with E-state index >= 15 is 0 Å². The molecule has 0 saturated carbocycles. The monoisotopic (exact) mass is 332 g/mol. The number of amides is 1. The van der Waals surface area contributed by atoms with Gasteiger partial charge in [0.2, 0.25) is 5.91 Å². The lowest BCUT2D eigenvalue weighted by atomic mass is 9.95. The van der Waals surface area contributed by atoms with Crippen molar-refractivity contribution in [3.05, 3.63) is 59.9 Å². The molecule has 0 radical (unpaired) electrons. The average molecular weight is 332 g/mol. The van der Waals surface area contributed by atoms with Crippen LogP contribution < -0.4 is 5.32 Å². The van der Waals surface area contributed by atoms with Gasteiger partial charge in [0.05, 0.1) is 22.7 Å². The number of benzene rings is 2. The second kappa shape index (κ2) is 6.40. The lowest BCUT2D eigenvalue weighted by Gasteiger charge is -2.20. The summed E-state index contributed by atoms with van der Waals surface area (Å²) in [5, 5.41) is 11.8. The molecule has 0 aliphatic heterocycles. The van der Waals surface area contributed by atoms with Crippen LogP contribution in [0.1, 0.15) is 32.2 Å². The number of fused-ring (bicyclic) bond motifs is 1. The molecule has 1 aromatic heterocycles. The molecule has 0 aliphatic carbocycles. The van der Waals surface area contributed by atoms with E-state index in [0.717, 1.165) is 16.9 Å². The topological polar surface area (TPSA) is 70.7 Å². The van der Waals surface area contributed by atoms with E-state index in [1.807, 2.05) is 28.8 Å². The van der Waals surface area contributed by atoms with Gasteiger partial charge in [-0.05, 0) is 30.3 Å². The van der Waals surface area contributed by atoms with Crippen molar-refractivity contribution < 1.29 is 4.79 Å². The Balaban J connectivity index is 1.91. The third-order valence-electron chi connectivity index (χ3n) is 3.90. The van der Waals surface area contributed by atoms with Crippen LogP contribution in [0.2, 0.25) is 0 Å². The molecule has 5 heteroatoms. The first kappa shape index (κ1) is 16.7. The van der Waals surface area contributed by atoms with E-state index in [2.05, 4.69) is 32.2 Å². The Morgan fingerprint density at radius 1 is 1.20 bits per heavy atom. The molecule has 0 bridgehead atoms. The number of para-hydroxylation sites is 2. The normalized spacial score (nSPS) is 11.3. The molecular formula is C20H20N4O. The molecule has 5 nitrogen and oxygen atoms in total. The summed E-state index contributed by atoms with van der Waals surface area (Å²) in [6, 6.07) is 16.8. The average Bonchev–Trinajstić information content (AvgIpc) is 2.94. The number of carbonyl (C=O) groups is 1. The summed E-state index contributed by atoms with van der Waals surface area (Å²) < 4.78 is 1.96. The van der Waals surface area contributed by atoms with Crippen molar-refractivity contribution in [3.8, 4) is 6.07 Å². The molecule has 2 aromatic carbocycles. The van der Waals surface area contributed by atoms with Crippen LogP contribution in [-0.4, -0.2) is 15.5 Å². The molecule has 0 fully saturated rings. The van der Waals surface area contributed by atoms with Crippen LogP contribution in [0.15, 0.2) is 48.5 Å². The highest BCUT2D eigenvalue weighted by Gasteiger charge is 2.23. The number of nitrogens with zero attached hydrogens (tertiary/aromatic N) is 3. The molecule has 0 aliphatic rings.